The SMILES string of the molecule is C/C(=C\C(=O)OCCCCCCCCC(=O)OC([C@@H](C)[C@H](C)O)[C@@H](O)C[C@H]1CO[C@@H](C/C(C)=C/C(=O)OCCCCCCCCC(=O)O)[C@H](O)[C@@H]1O)C[C@@H]1OC[C@H](C[C@@H]2O[C@H]2[C@@H](C)[C@H](C)O)[C@@H](O)[C@H]1O. The van der Waals surface area contributed by atoms with E-state index in [9.17, 15) is 54.9 Å². The highest BCUT2D eigenvalue weighted by atomic mass is 16.6. The zero-order chi connectivity index (χ0) is 51.9. The standard InChI is InChI=1S/C52H88O18/c1-31(25-45(59)65-21-17-13-9-7-11-15-19-43(56)57)23-40-49(63)47(61)37(29-67-40)27-39(55)51(33(3)35(5)53)70-44(58)20-16-12-8-10-14-18-22-66-46(60)26-32(2)24-41-50(64)48(62)38(30-68-41)28-42-52(69-42)34(4)36(6)54/h25-26,33-42,47-55,61-64H,7-24,27-30H2,1-6H3,(H,56,57)/b31-25+,32-26+/t33-,34-,35-,36-,37-,38-,39-,40-,41-,42-,47+,48+,49-,50-,51?,52-/m0/s1. The molecule has 70 heavy (non-hydrogen) atoms. The predicted octanol–water partition coefficient (Wildman–Crippen LogP) is 4.62. The van der Waals surface area contributed by atoms with Crippen LogP contribution in [-0.2, 0) is 47.6 Å². The number of hydrogen-bond acceptors (Lipinski definition) is 17. The van der Waals surface area contributed by atoms with Crippen LogP contribution in [0.2, 0.25) is 0 Å². The van der Waals surface area contributed by atoms with Gasteiger partial charge in [0.25, 0.3) is 0 Å². The Morgan fingerprint density at radius 2 is 1.06 bits per heavy atom. The van der Waals surface area contributed by atoms with Gasteiger partial charge in [-0.15, -0.1) is 0 Å². The van der Waals surface area contributed by atoms with Crippen molar-refractivity contribution in [2.24, 2.45) is 23.7 Å². The summed E-state index contributed by atoms with van der Waals surface area (Å²) in [5.41, 5.74) is 1.25. The molecule has 0 aromatic rings. The molecular weight excluding hydrogens is 913 g/mol. The van der Waals surface area contributed by atoms with Gasteiger partial charge in [-0.05, 0) is 79.1 Å². The summed E-state index contributed by atoms with van der Waals surface area (Å²) in [4.78, 5) is 48.3. The smallest absolute Gasteiger partial charge is 0.330 e. The molecule has 0 aliphatic carbocycles. The van der Waals surface area contributed by atoms with Gasteiger partial charge in [-0.3, -0.25) is 9.59 Å². The van der Waals surface area contributed by atoms with E-state index >= 15 is 0 Å². The van der Waals surface area contributed by atoms with Gasteiger partial charge in [0.1, 0.15) is 18.3 Å². The van der Waals surface area contributed by atoms with Crippen molar-refractivity contribution in [3.8, 4) is 0 Å². The van der Waals surface area contributed by atoms with E-state index in [1.807, 2.05) is 6.92 Å². The van der Waals surface area contributed by atoms with Crippen LogP contribution in [0.25, 0.3) is 0 Å². The Labute approximate surface area is 415 Å². The molecule has 0 aromatic heterocycles. The Morgan fingerprint density at radius 3 is 1.54 bits per heavy atom. The molecule has 3 heterocycles. The molecule has 16 atom stereocenters. The van der Waals surface area contributed by atoms with E-state index in [4.69, 9.17) is 33.5 Å². The molecule has 0 amide bonds. The fourth-order valence-corrected chi connectivity index (χ4v) is 9.26. The largest absolute Gasteiger partial charge is 0.481 e. The summed E-state index contributed by atoms with van der Waals surface area (Å²) in [5, 5.41) is 83.7. The Kier molecular flexibility index (Phi) is 28.2. The first-order valence-electron chi connectivity index (χ1n) is 25.9. The van der Waals surface area contributed by atoms with Crippen molar-refractivity contribution < 1.29 is 88.5 Å². The summed E-state index contributed by atoms with van der Waals surface area (Å²) in [6, 6.07) is 0. The number of carboxylic acids is 1. The number of carbonyl (C=O) groups is 4. The molecular formula is C52H88O18. The lowest BCUT2D eigenvalue weighted by Gasteiger charge is -2.40. The summed E-state index contributed by atoms with van der Waals surface area (Å²) < 4.78 is 33.9. The third-order valence-corrected chi connectivity index (χ3v) is 14.2. The molecule has 3 fully saturated rings. The van der Waals surface area contributed by atoms with Crippen molar-refractivity contribution in [1.82, 2.24) is 0 Å². The minimum Gasteiger partial charge on any atom is -0.481 e. The van der Waals surface area contributed by atoms with Gasteiger partial charge in [-0.1, -0.05) is 76.4 Å². The van der Waals surface area contributed by atoms with Crippen LogP contribution in [0, 0.1) is 23.7 Å². The highest BCUT2D eigenvalue weighted by molar-refractivity contribution is 5.83. The minimum atomic E-state index is -1.32. The number of carbonyl (C=O) groups excluding carboxylic acids is 3. The van der Waals surface area contributed by atoms with Crippen LogP contribution >= 0.6 is 0 Å². The lowest BCUT2D eigenvalue weighted by atomic mass is 9.83. The van der Waals surface area contributed by atoms with Crippen molar-refractivity contribution in [3.63, 3.8) is 0 Å². The normalized spacial score (nSPS) is 28.8. The van der Waals surface area contributed by atoms with E-state index in [1.54, 1.807) is 27.7 Å². The topological polar surface area (TPSA) is 289 Å². The number of rotatable bonds is 34. The summed E-state index contributed by atoms with van der Waals surface area (Å²) in [6.07, 6.45) is 3.18. The second-order valence-electron chi connectivity index (χ2n) is 20.4. The number of aliphatic carboxylic acids is 1. The number of unbranched alkanes of at least 4 members (excludes halogenated alkanes) is 10. The average Bonchev–Trinajstić information content (AvgIpc) is 4.07. The molecule has 8 N–H and O–H groups in total. The number of epoxide rings is 1. The third kappa shape index (κ3) is 22.4. The van der Waals surface area contributed by atoms with Gasteiger partial charge < -0.3 is 69.3 Å². The Bertz CT molecular complexity index is 1620. The molecule has 0 aromatic carbocycles. The second-order valence-corrected chi connectivity index (χ2v) is 20.4. The second kappa shape index (κ2) is 32.2. The van der Waals surface area contributed by atoms with Crippen molar-refractivity contribution in [2.45, 2.75) is 230 Å². The van der Waals surface area contributed by atoms with Crippen LogP contribution in [-0.4, -0.2) is 164 Å². The van der Waals surface area contributed by atoms with Gasteiger partial charge in [-0.25, -0.2) is 9.59 Å². The maximum atomic E-state index is 12.9. The Morgan fingerprint density at radius 1 is 0.600 bits per heavy atom. The first-order chi connectivity index (χ1) is 33.2. The summed E-state index contributed by atoms with van der Waals surface area (Å²) in [7, 11) is 0. The molecule has 0 saturated carbocycles. The first-order valence-corrected chi connectivity index (χ1v) is 25.9. The number of ether oxygens (including phenoxy) is 6. The first kappa shape index (κ1) is 61.3. The number of aliphatic hydroxyl groups excluding tert-OH is 7. The van der Waals surface area contributed by atoms with Gasteiger partial charge in [-0.2, -0.15) is 0 Å². The number of hydrogen-bond donors (Lipinski definition) is 8. The number of carboxylic acid groups (broad SMARTS) is 1. The fourth-order valence-electron chi connectivity index (χ4n) is 9.26. The van der Waals surface area contributed by atoms with E-state index in [-0.39, 0.29) is 82.6 Å². The van der Waals surface area contributed by atoms with E-state index in [0.717, 1.165) is 51.4 Å². The van der Waals surface area contributed by atoms with Crippen LogP contribution in [0.4, 0.5) is 0 Å². The molecule has 0 bridgehead atoms. The van der Waals surface area contributed by atoms with Gasteiger partial charge >= 0.3 is 23.9 Å². The van der Waals surface area contributed by atoms with Gasteiger partial charge in [0.2, 0.25) is 0 Å². The zero-order valence-corrected chi connectivity index (χ0v) is 42.6. The highest BCUT2D eigenvalue weighted by Gasteiger charge is 2.48. The zero-order valence-electron chi connectivity index (χ0n) is 42.6. The summed E-state index contributed by atoms with van der Waals surface area (Å²) in [6.45, 7) is 11.0. The molecule has 0 radical (unpaired) electrons. The minimum absolute atomic E-state index is 0.00246. The average molecular weight is 1000 g/mol. The van der Waals surface area contributed by atoms with Gasteiger partial charge in [0.05, 0.1) is 81.4 Å². The van der Waals surface area contributed by atoms with E-state index in [1.165, 1.54) is 19.1 Å². The van der Waals surface area contributed by atoms with E-state index in [0.29, 0.717) is 43.3 Å². The fraction of sp³-hybridized carbons (Fsp3) is 0.846. The molecule has 1 unspecified atom stereocenters. The van der Waals surface area contributed by atoms with Gasteiger partial charge in [0.15, 0.2) is 0 Å². The number of esters is 3. The van der Waals surface area contributed by atoms with E-state index < -0.39 is 96.8 Å². The van der Waals surface area contributed by atoms with E-state index in [2.05, 4.69) is 0 Å². The maximum Gasteiger partial charge on any atom is 0.330 e. The summed E-state index contributed by atoms with van der Waals surface area (Å²) in [5.74, 6) is -3.98. The van der Waals surface area contributed by atoms with Crippen LogP contribution in [0.15, 0.2) is 23.3 Å². The third-order valence-electron chi connectivity index (χ3n) is 14.2. The lowest BCUT2D eigenvalue weighted by molar-refractivity contribution is -0.180. The lowest BCUT2D eigenvalue weighted by Crippen LogP contribution is -2.52. The van der Waals surface area contributed by atoms with Crippen molar-refractivity contribution in [2.75, 3.05) is 26.4 Å². The molecule has 3 aliphatic heterocycles. The van der Waals surface area contributed by atoms with Crippen molar-refractivity contribution >= 4 is 23.9 Å². The van der Waals surface area contributed by atoms with Crippen LogP contribution in [0.1, 0.15) is 157 Å². The molecule has 18 nitrogen and oxygen atoms in total. The Balaban J connectivity index is 1.28. The molecule has 3 rings (SSSR count). The maximum absolute atomic E-state index is 12.9. The monoisotopic (exact) mass is 1000 g/mol. The predicted molar refractivity (Wildman–Crippen MR) is 257 cm³/mol. The highest BCUT2D eigenvalue weighted by Crippen LogP contribution is 2.39. The number of aliphatic hydroxyl groups is 7. The summed E-state index contributed by atoms with van der Waals surface area (Å²) >= 11 is 0. The Hall–Kier alpha value is -3.04. The quantitative estimate of drug-likeness (QED) is 0.0143. The van der Waals surface area contributed by atoms with Crippen LogP contribution < -0.4 is 0 Å². The van der Waals surface area contributed by atoms with Gasteiger partial charge in [0, 0.05) is 48.7 Å². The molecule has 404 valence electrons. The van der Waals surface area contributed by atoms with Crippen LogP contribution in [0.3, 0.4) is 0 Å². The van der Waals surface area contributed by atoms with Crippen molar-refractivity contribution in [1.29, 1.82) is 0 Å². The molecule has 3 saturated heterocycles. The van der Waals surface area contributed by atoms with Crippen molar-refractivity contribution in [3.05, 3.63) is 23.3 Å². The molecule has 3 aliphatic rings. The molecule has 18 heteroatoms. The van der Waals surface area contributed by atoms with Crippen LogP contribution in [0.5, 0.6) is 0 Å². The molecule has 0 spiro atoms.